The molecule has 2 atom stereocenters. The van der Waals surface area contributed by atoms with Crippen LogP contribution in [0.1, 0.15) is 203 Å². The van der Waals surface area contributed by atoms with Crippen LogP contribution in [0.5, 0.6) is 0 Å². The first-order chi connectivity index (χ1) is 29.1. The van der Waals surface area contributed by atoms with Crippen LogP contribution < -0.4 is 0 Å². The van der Waals surface area contributed by atoms with E-state index in [4.69, 9.17) is 14.7 Å². The van der Waals surface area contributed by atoms with Crippen molar-refractivity contribution < 1.29 is 4.74 Å². The molecule has 0 radical (unpaired) electrons. The number of aryl methyl sites for hydroxylation is 2. The third-order valence-corrected chi connectivity index (χ3v) is 14.2. The molecule has 0 N–H and O–H groups in total. The predicted molar refractivity (Wildman–Crippen MR) is 252 cm³/mol. The summed E-state index contributed by atoms with van der Waals surface area (Å²) in [6.07, 6.45) is 35.5. The van der Waals surface area contributed by atoms with Gasteiger partial charge in [0, 0.05) is 23.5 Å². The fourth-order valence-corrected chi connectivity index (χ4v) is 10.3. The molecule has 0 amide bonds. The van der Waals surface area contributed by atoms with Gasteiger partial charge in [-0.1, -0.05) is 191 Å². The summed E-state index contributed by atoms with van der Waals surface area (Å²) >= 11 is 0. The number of rotatable bonds is 24. The zero-order chi connectivity index (χ0) is 41.1. The highest BCUT2D eigenvalue weighted by Gasteiger charge is 2.36. The van der Waals surface area contributed by atoms with Crippen molar-refractivity contribution in [2.24, 2.45) is 23.7 Å². The average Bonchev–Trinajstić information content (AvgIpc) is 3.29. The fourth-order valence-electron chi connectivity index (χ4n) is 10.3. The summed E-state index contributed by atoms with van der Waals surface area (Å²) < 4.78 is 7.75. The molecule has 2 aromatic carbocycles. The quantitative estimate of drug-likeness (QED) is 0.0663. The molecule has 3 nitrogen and oxygen atoms in total. The van der Waals surface area contributed by atoms with Crippen LogP contribution in [0.3, 0.4) is 0 Å². The molecule has 0 bridgehead atoms. The molecule has 2 fully saturated rings. The first-order valence-corrected chi connectivity index (χ1v) is 24.8. The maximum Gasteiger partial charge on any atom is 0.0861 e. The molecule has 2 saturated carbocycles. The van der Waals surface area contributed by atoms with Gasteiger partial charge < -0.3 is 4.74 Å². The Hall–Kier alpha value is -3.30. The average molecular weight is 797 g/mol. The molecule has 0 aliphatic heterocycles. The maximum absolute atomic E-state index is 7.75. The van der Waals surface area contributed by atoms with E-state index in [0.717, 1.165) is 36.1 Å². The number of hydrogen-bond acceptors (Lipinski definition) is 3. The number of hydrogen-bond donors (Lipinski definition) is 0. The summed E-state index contributed by atoms with van der Waals surface area (Å²) in [4.78, 5) is 9.84. The van der Waals surface area contributed by atoms with Crippen LogP contribution in [0.4, 0.5) is 0 Å². The second kappa shape index (κ2) is 24.8. The Balaban J connectivity index is 1.24. The van der Waals surface area contributed by atoms with Gasteiger partial charge in [0.15, 0.2) is 0 Å². The topological polar surface area (TPSA) is 35.0 Å². The van der Waals surface area contributed by atoms with E-state index in [2.05, 4.69) is 113 Å². The van der Waals surface area contributed by atoms with Gasteiger partial charge in [0.2, 0.25) is 0 Å². The summed E-state index contributed by atoms with van der Waals surface area (Å²) in [5.41, 5.74) is 9.91. The van der Waals surface area contributed by atoms with E-state index >= 15 is 0 Å². The SMILES string of the molecule is CCCCCc1ccc(-c2ccc(C(OC(c3ccc(-c4ccc(CCCCC)cn4)cc3)C3CCC(CCCCC)CC3)C3CCC(CCCCC)CC3)cc2)nc1. The Labute approximate surface area is 361 Å². The van der Waals surface area contributed by atoms with Gasteiger partial charge in [0.25, 0.3) is 0 Å². The van der Waals surface area contributed by atoms with Crippen LogP contribution in [-0.4, -0.2) is 9.97 Å². The van der Waals surface area contributed by atoms with Crippen LogP contribution in [0.25, 0.3) is 22.5 Å². The summed E-state index contributed by atoms with van der Waals surface area (Å²) in [5, 5.41) is 0. The first-order valence-electron chi connectivity index (χ1n) is 24.8. The first kappa shape index (κ1) is 45.2. The lowest BCUT2D eigenvalue weighted by Gasteiger charge is -2.40. The Morgan fingerprint density at radius 3 is 1.15 bits per heavy atom. The minimum absolute atomic E-state index is 0.0865. The third-order valence-electron chi connectivity index (χ3n) is 14.2. The fraction of sp³-hybridized carbons (Fsp3) is 0.607. The van der Waals surface area contributed by atoms with Gasteiger partial charge in [-0.15, -0.1) is 0 Å². The molecule has 6 rings (SSSR count). The molecule has 2 aliphatic carbocycles. The summed E-state index contributed by atoms with van der Waals surface area (Å²) in [6, 6.07) is 27.8. The minimum Gasteiger partial charge on any atom is -0.365 e. The Kier molecular flexibility index (Phi) is 19.0. The highest BCUT2D eigenvalue weighted by atomic mass is 16.5. The monoisotopic (exact) mass is 797 g/mol. The zero-order valence-corrected chi connectivity index (χ0v) is 37.8. The van der Waals surface area contributed by atoms with Crippen LogP contribution in [0.15, 0.2) is 85.2 Å². The lowest BCUT2D eigenvalue weighted by Crippen LogP contribution is -2.28. The highest BCUT2D eigenvalue weighted by Crippen LogP contribution is 2.47. The van der Waals surface area contributed by atoms with Crippen molar-refractivity contribution in [3.8, 4) is 22.5 Å². The Morgan fingerprint density at radius 1 is 0.441 bits per heavy atom. The molecule has 4 aromatic rings. The Bertz CT molecular complexity index is 1570. The van der Waals surface area contributed by atoms with E-state index in [9.17, 15) is 0 Å². The largest absolute Gasteiger partial charge is 0.365 e. The second-order valence-electron chi connectivity index (χ2n) is 18.8. The number of ether oxygens (including phenoxy) is 1. The Morgan fingerprint density at radius 2 is 0.814 bits per heavy atom. The lowest BCUT2D eigenvalue weighted by atomic mass is 9.74. The van der Waals surface area contributed by atoms with Crippen LogP contribution >= 0.6 is 0 Å². The van der Waals surface area contributed by atoms with Gasteiger partial charge in [-0.05, 0) is 109 Å². The molecule has 2 aromatic heterocycles. The van der Waals surface area contributed by atoms with Gasteiger partial charge >= 0.3 is 0 Å². The molecule has 2 unspecified atom stereocenters. The number of nitrogens with zero attached hydrogens (tertiary/aromatic N) is 2. The van der Waals surface area contributed by atoms with E-state index in [1.165, 1.54) is 175 Å². The highest BCUT2D eigenvalue weighted by molar-refractivity contribution is 5.60. The molecule has 2 aliphatic rings. The number of benzene rings is 2. The molecular weight excluding hydrogens is 717 g/mol. The molecule has 59 heavy (non-hydrogen) atoms. The summed E-state index contributed by atoms with van der Waals surface area (Å²) in [7, 11) is 0. The number of aromatic nitrogens is 2. The van der Waals surface area contributed by atoms with Gasteiger partial charge in [-0.25, -0.2) is 0 Å². The molecule has 3 heteroatoms. The van der Waals surface area contributed by atoms with Crippen molar-refractivity contribution in [3.05, 3.63) is 107 Å². The molecule has 0 spiro atoms. The number of unbranched alkanes of at least 4 members (excludes halogenated alkanes) is 8. The van der Waals surface area contributed by atoms with Crippen LogP contribution in [0, 0.1) is 23.7 Å². The molecule has 2 heterocycles. The minimum atomic E-state index is 0.0865. The smallest absolute Gasteiger partial charge is 0.0861 e. The number of pyridine rings is 2. The molecule has 320 valence electrons. The van der Waals surface area contributed by atoms with Crippen molar-refractivity contribution >= 4 is 0 Å². The molecular formula is C56H80N2O. The second-order valence-corrected chi connectivity index (χ2v) is 18.8. The van der Waals surface area contributed by atoms with E-state index in [0.29, 0.717) is 11.8 Å². The van der Waals surface area contributed by atoms with Crippen LogP contribution in [0.2, 0.25) is 0 Å². The summed E-state index contributed by atoms with van der Waals surface area (Å²) in [6.45, 7) is 9.20. The van der Waals surface area contributed by atoms with E-state index in [1.807, 2.05) is 0 Å². The maximum atomic E-state index is 7.75. The van der Waals surface area contributed by atoms with Gasteiger partial charge in [-0.3, -0.25) is 9.97 Å². The lowest BCUT2D eigenvalue weighted by molar-refractivity contribution is -0.0907. The summed E-state index contributed by atoms with van der Waals surface area (Å²) in [5.74, 6) is 2.83. The predicted octanol–water partition coefficient (Wildman–Crippen LogP) is 16.8. The van der Waals surface area contributed by atoms with Crippen molar-refractivity contribution in [3.63, 3.8) is 0 Å². The van der Waals surface area contributed by atoms with Crippen molar-refractivity contribution in [1.82, 2.24) is 9.97 Å². The third kappa shape index (κ3) is 13.9. The zero-order valence-electron chi connectivity index (χ0n) is 37.8. The van der Waals surface area contributed by atoms with Gasteiger partial charge in [-0.2, -0.15) is 0 Å². The van der Waals surface area contributed by atoms with Crippen molar-refractivity contribution in [2.45, 2.75) is 194 Å². The van der Waals surface area contributed by atoms with E-state index in [1.54, 1.807) is 0 Å². The van der Waals surface area contributed by atoms with E-state index < -0.39 is 0 Å². The van der Waals surface area contributed by atoms with E-state index in [-0.39, 0.29) is 12.2 Å². The van der Waals surface area contributed by atoms with Gasteiger partial charge in [0.1, 0.15) is 0 Å². The normalized spacial score (nSPS) is 20.7. The molecule has 0 saturated heterocycles. The van der Waals surface area contributed by atoms with Crippen molar-refractivity contribution in [1.29, 1.82) is 0 Å². The van der Waals surface area contributed by atoms with Crippen molar-refractivity contribution in [2.75, 3.05) is 0 Å². The van der Waals surface area contributed by atoms with Crippen LogP contribution in [-0.2, 0) is 17.6 Å². The van der Waals surface area contributed by atoms with Gasteiger partial charge in [0.05, 0.1) is 23.6 Å². The standard InChI is InChI=1S/C56H80N2O/c1-5-9-13-17-43-21-27-49(28-22-43)55(51-35-31-47(32-36-51)53-39-25-45(41-57-53)19-15-11-7-3)59-56(50-29-23-44(24-30-50)18-14-10-6-2)52-37-33-48(34-38-52)54-40-26-46(42-58-54)20-16-12-8-4/h25-26,31-44,49-50,55-56H,5-24,27-30H2,1-4H3.